The van der Waals surface area contributed by atoms with Crippen LogP contribution in [0.2, 0.25) is 0 Å². The maximum atomic E-state index is 13.9. The number of fused-ring (bicyclic) bond motifs is 2. The molecule has 0 radical (unpaired) electrons. The van der Waals surface area contributed by atoms with Gasteiger partial charge in [-0.05, 0) is 31.2 Å². The van der Waals surface area contributed by atoms with Crippen LogP contribution in [0.4, 0.5) is 10.2 Å². The number of hydrogen-bond acceptors (Lipinski definition) is 6. The molecule has 0 amide bonds. The molecule has 5 rings (SSSR count). The Hall–Kier alpha value is -3.88. The van der Waals surface area contributed by atoms with E-state index in [1.54, 1.807) is 24.8 Å². The minimum atomic E-state index is -0.315. The Morgan fingerprint density at radius 1 is 1.11 bits per heavy atom. The second-order valence-corrected chi connectivity index (χ2v) is 6.33. The molecular formula is C19H15FN8. The third-order valence-corrected chi connectivity index (χ3v) is 4.53. The molecule has 9 heteroatoms. The number of aromatic nitrogens is 7. The van der Waals surface area contributed by atoms with E-state index in [1.807, 2.05) is 23.6 Å². The Bertz CT molecular complexity index is 1280. The van der Waals surface area contributed by atoms with Crippen LogP contribution in [0.15, 0.2) is 55.4 Å². The van der Waals surface area contributed by atoms with Crippen molar-refractivity contribution in [3.05, 3.63) is 67.0 Å². The number of nitrogens with one attached hydrogen (secondary N) is 2. The molecule has 4 aromatic heterocycles. The van der Waals surface area contributed by atoms with Gasteiger partial charge in [0.05, 0.1) is 29.1 Å². The summed E-state index contributed by atoms with van der Waals surface area (Å²) in [5, 5.41) is 3.36. The molecule has 8 nitrogen and oxygen atoms in total. The van der Waals surface area contributed by atoms with E-state index in [9.17, 15) is 4.39 Å². The van der Waals surface area contributed by atoms with Crippen molar-refractivity contribution < 1.29 is 4.39 Å². The van der Waals surface area contributed by atoms with Crippen molar-refractivity contribution >= 4 is 28.0 Å². The average Bonchev–Trinajstić information content (AvgIpc) is 3.33. The fourth-order valence-corrected chi connectivity index (χ4v) is 3.27. The van der Waals surface area contributed by atoms with E-state index in [1.165, 1.54) is 18.5 Å². The Balaban J connectivity index is 1.64. The number of imidazole rings is 2. The van der Waals surface area contributed by atoms with E-state index in [0.29, 0.717) is 28.0 Å². The van der Waals surface area contributed by atoms with Gasteiger partial charge in [-0.3, -0.25) is 9.55 Å². The number of halogens is 1. The molecule has 0 aliphatic heterocycles. The second-order valence-electron chi connectivity index (χ2n) is 6.33. The first-order valence-electron chi connectivity index (χ1n) is 8.69. The third-order valence-electron chi connectivity index (χ3n) is 4.53. The highest BCUT2D eigenvalue weighted by Gasteiger charge is 2.20. The van der Waals surface area contributed by atoms with Crippen molar-refractivity contribution in [1.82, 2.24) is 34.5 Å². The summed E-state index contributed by atoms with van der Waals surface area (Å²) < 4.78 is 15.9. The number of nitrogens with zero attached hydrogens (tertiary/aromatic N) is 6. The summed E-state index contributed by atoms with van der Waals surface area (Å²) in [6.45, 7) is 1.97. The molecule has 2 N–H and O–H groups in total. The molecule has 5 aromatic rings. The van der Waals surface area contributed by atoms with Gasteiger partial charge in [-0.1, -0.05) is 0 Å². The van der Waals surface area contributed by atoms with Crippen molar-refractivity contribution in [2.45, 2.75) is 13.0 Å². The quantitative estimate of drug-likeness (QED) is 0.500. The largest absolute Gasteiger partial charge is 0.358 e. The highest BCUT2D eigenvalue weighted by atomic mass is 19.1. The molecule has 1 aromatic carbocycles. The molecule has 4 heterocycles. The zero-order chi connectivity index (χ0) is 19.1. The highest BCUT2D eigenvalue weighted by Crippen LogP contribution is 2.28. The predicted molar refractivity (Wildman–Crippen MR) is 103 cm³/mol. The number of H-pyrrole nitrogens is 1. The molecule has 0 saturated carbocycles. The van der Waals surface area contributed by atoms with Crippen LogP contribution in [0.5, 0.6) is 0 Å². The number of rotatable bonds is 4. The van der Waals surface area contributed by atoms with Gasteiger partial charge in [0, 0.05) is 18.5 Å². The number of hydrogen-bond donors (Lipinski definition) is 2. The first-order valence-corrected chi connectivity index (χ1v) is 8.69. The Morgan fingerprint density at radius 2 is 1.96 bits per heavy atom. The summed E-state index contributed by atoms with van der Waals surface area (Å²) in [6.07, 6.45) is 6.42. The molecule has 0 aliphatic rings. The van der Waals surface area contributed by atoms with E-state index >= 15 is 0 Å². The average molecular weight is 374 g/mol. The van der Waals surface area contributed by atoms with Crippen molar-refractivity contribution in [3.8, 4) is 5.69 Å². The Labute approximate surface area is 158 Å². The topological polar surface area (TPSA) is 97.2 Å². The molecule has 1 atom stereocenters. The van der Waals surface area contributed by atoms with Crippen LogP contribution in [-0.4, -0.2) is 34.5 Å². The molecule has 138 valence electrons. The number of benzene rings is 1. The molecule has 0 saturated heterocycles. The standard InChI is InChI=1S/C19H15FN8/c1-11(26-18-16-17(23-9-22-16)24-10-25-18)19-27-14-3-2-12(20)8-15(14)28(19)13-4-6-21-7-5-13/h2-11H,1H3,(H2,22,23,24,25,26)/t11-/m0/s1. The maximum absolute atomic E-state index is 13.9. The van der Waals surface area contributed by atoms with Crippen LogP contribution in [-0.2, 0) is 0 Å². The van der Waals surface area contributed by atoms with E-state index in [0.717, 1.165) is 11.5 Å². The van der Waals surface area contributed by atoms with Crippen LogP contribution in [0.1, 0.15) is 18.8 Å². The SMILES string of the molecule is C[C@H](Nc1ncnc2nc[nH]c12)c1nc2ccc(F)cc2n1-c1ccncc1. The second kappa shape index (κ2) is 6.38. The fraction of sp³-hybridized carbons (Fsp3) is 0.105. The van der Waals surface area contributed by atoms with Gasteiger partial charge in [-0.15, -0.1) is 0 Å². The summed E-state index contributed by atoms with van der Waals surface area (Å²) in [5.41, 5.74) is 3.53. The number of anilines is 1. The lowest BCUT2D eigenvalue weighted by Crippen LogP contribution is -2.14. The van der Waals surface area contributed by atoms with Crippen molar-refractivity contribution in [3.63, 3.8) is 0 Å². The summed E-state index contributed by atoms with van der Waals surface area (Å²) in [7, 11) is 0. The first-order chi connectivity index (χ1) is 13.7. The number of aromatic amines is 1. The Kier molecular flexibility index (Phi) is 3.71. The minimum absolute atomic E-state index is 0.231. The van der Waals surface area contributed by atoms with Gasteiger partial charge in [0.25, 0.3) is 0 Å². The normalized spacial score (nSPS) is 12.5. The van der Waals surface area contributed by atoms with Gasteiger partial charge in [0.2, 0.25) is 0 Å². The molecule has 0 unspecified atom stereocenters. The highest BCUT2D eigenvalue weighted by molar-refractivity contribution is 5.82. The van der Waals surface area contributed by atoms with Crippen LogP contribution >= 0.6 is 0 Å². The lowest BCUT2D eigenvalue weighted by molar-refractivity contribution is 0.629. The van der Waals surface area contributed by atoms with Gasteiger partial charge >= 0.3 is 0 Å². The summed E-state index contributed by atoms with van der Waals surface area (Å²) in [5.74, 6) is 1.03. The summed E-state index contributed by atoms with van der Waals surface area (Å²) in [4.78, 5) is 24.4. The molecule has 0 spiro atoms. The molecule has 0 fully saturated rings. The van der Waals surface area contributed by atoms with E-state index in [2.05, 4.69) is 30.2 Å². The van der Waals surface area contributed by atoms with Crippen LogP contribution in [0.3, 0.4) is 0 Å². The van der Waals surface area contributed by atoms with Gasteiger partial charge in [-0.25, -0.2) is 24.3 Å². The zero-order valence-corrected chi connectivity index (χ0v) is 14.8. The van der Waals surface area contributed by atoms with Crippen LogP contribution in [0.25, 0.3) is 27.9 Å². The fourth-order valence-electron chi connectivity index (χ4n) is 3.27. The smallest absolute Gasteiger partial charge is 0.182 e. The molecular weight excluding hydrogens is 359 g/mol. The lowest BCUT2D eigenvalue weighted by atomic mass is 10.2. The number of pyridine rings is 1. The van der Waals surface area contributed by atoms with E-state index < -0.39 is 0 Å². The van der Waals surface area contributed by atoms with Gasteiger partial charge in [0.15, 0.2) is 11.5 Å². The van der Waals surface area contributed by atoms with Gasteiger partial charge in [0.1, 0.15) is 23.5 Å². The van der Waals surface area contributed by atoms with Gasteiger partial charge < -0.3 is 10.3 Å². The monoisotopic (exact) mass is 374 g/mol. The molecule has 0 aliphatic carbocycles. The summed E-state index contributed by atoms with van der Waals surface area (Å²) >= 11 is 0. The zero-order valence-electron chi connectivity index (χ0n) is 14.8. The summed E-state index contributed by atoms with van der Waals surface area (Å²) in [6, 6.07) is 8.06. The van der Waals surface area contributed by atoms with Crippen molar-refractivity contribution in [2.24, 2.45) is 0 Å². The molecule has 28 heavy (non-hydrogen) atoms. The Morgan fingerprint density at radius 3 is 2.82 bits per heavy atom. The molecule has 0 bridgehead atoms. The van der Waals surface area contributed by atoms with Crippen molar-refractivity contribution in [2.75, 3.05) is 5.32 Å². The van der Waals surface area contributed by atoms with Crippen molar-refractivity contribution in [1.29, 1.82) is 0 Å². The first kappa shape index (κ1) is 16.3. The van der Waals surface area contributed by atoms with Crippen LogP contribution < -0.4 is 5.32 Å². The predicted octanol–water partition coefficient (Wildman–Crippen LogP) is 3.40. The third kappa shape index (κ3) is 2.64. The lowest BCUT2D eigenvalue weighted by Gasteiger charge is -2.17. The minimum Gasteiger partial charge on any atom is -0.358 e. The maximum Gasteiger partial charge on any atom is 0.182 e. The van der Waals surface area contributed by atoms with E-state index in [4.69, 9.17) is 4.98 Å². The van der Waals surface area contributed by atoms with E-state index in [-0.39, 0.29) is 11.9 Å². The van der Waals surface area contributed by atoms with Crippen LogP contribution in [0, 0.1) is 5.82 Å². The van der Waals surface area contributed by atoms with Gasteiger partial charge in [-0.2, -0.15) is 0 Å².